The molecule has 114 valence electrons. The van der Waals surface area contributed by atoms with Crippen LogP contribution < -0.4 is 10.1 Å². The minimum absolute atomic E-state index is 0.141. The fraction of sp³-hybridized carbons (Fsp3) is 0.600. The van der Waals surface area contributed by atoms with E-state index in [4.69, 9.17) is 9.47 Å². The highest BCUT2D eigenvalue weighted by atomic mass is 16.5. The van der Waals surface area contributed by atoms with Crippen molar-refractivity contribution in [3.05, 3.63) is 23.8 Å². The van der Waals surface area contributed by atoms with Gasteiger partial charge in [0, 0.05) is 33.2 Å². The highest BCUT2D eigenvalue weighted by molar-refractivity contribution is 5.41. The van der Waals surface area contributed by atoms with Crippen molar-refractivity contribution in [3.8, 4) is 11.5 Å². The third kappa shape index (κ3) is 5.77. The Morgan fingerprint density at radius 3 is 2.75 bits per heavy atom. The first kappa shape index (κ1) is 16.8. The highest BCUT2D eigenvalue weighted by Crippen LogP contribution is 2.26. The van der Waals surface area contributed by atoms with Crippen LogP contribution in [0.4, 0.5) is 0 Å². The van der Waals surface area contributed by atoms with Crippen LogP contribution in [0.5, 0.6) is 11.5 Å². The second kappa shape index (κ2) is 8.09. The third-order valence-electron chi connectivity index (χ3n) is 3.00. The molecule has 0 spiro atoms. The summed E-state index contributed by atoms with van der Waals surface area (Å²) in [5.41, 5.74) is 0.198. The molecule has 0 saturated heterocycles. The fourth-order valence-corrected chi connectivity index (χ4v) is 1.83. The van der Waals surface area contributed by atoms with Crippen LogP contribution in [0.2, 0.25) is 0 Å². The van der Waals surface area contributed by atoms with E-state index in [0.717, 1.165) is 5.56 Å². The Balaban J connectivity index is 2.47. The zero-order valence-corrected chi connectivity index (χ0v) is 12.5. The molecule has 1 rings (SSSR count). The second-order valence-electron chi connectivity index (χ2n) is 5.08. The number of hydrogen-bond acceptors (Lipinski definition) is 5. The van der Waals surface area contributed by atoms with E-state index in [2.05, 4.69) is 5.32 Å². The standard InChI is InChI=1S/C15H25NO4/c1-4-20-14-9-12(5-6-13(14)17)10-16-11-15(2,18)7-8-19-3/h5-6,9,16-18H,4,7-8,10-11H2,1-3H3. The molecule has 0 amide bonds. The molecule has 0 aromatic heterocycles. The van der Waals surface area contributed by atoms with E-state index in [1.54, 1.807) is 26.2 Å². The highest BCUT2D eigenvalue weighted by Gasteiger charge is 2.19. The summed E-state index contributed by atoms with van der Waals surface area (Å²) in [4.78, 5) is 0. The molecular formula is C15H25NO4. The first-order valence-electron chi connectivity index (χ1n) is 6.85. The van der Waals surface area contributed by atoms with Gasteiger partial charge in [-0.2, -0.15) is 0 Å². The van der Waals surface area contributed by atoms with Gasteiger partial charge in [0.05, 0.1) is 12.2 Å². The number of aromatic hydroxyl groups is 1. The van der Waals surface area contributed by atoms with Crippen molar-refractivity contribution in [2.24, 2.45) is 0 Å². The maximum atomic E-state index is 10.1. The molecule has 0 saturated carbocycles. The summed E-state index contributed by atoms with van der Waals surface area (Å²) in [7, 11) is 1.62. The molecule has 5 nitrogen and oxygen atoms in total. The lowest BCUT2D eigenvalue weighted by molar-refractivity contribution is 0.0247. The molecule has 0 aliphatic rings. The molecule has 0 radical (unpaired) electrons. The smallest absolute Gasteiger partial charge is 0.161 e. The van der Waals surface area contributed by atoms with Gasteiger partial charge in [-0.05, 0) is 31.5 Å². The van der Waals surface area contributed by atoms with Crippen LogP contribution in [0.1, 0.15) is 25.8 Å². The summed E-state index contributed by atoms with van der Waals surface area (Å²) >= 11 is 0. The van der Waals surface area contributed by atoms with Gasteiger partial charge in [0.1, 0.15) is 0 Å². The minimum Gasteiger partial charge on any atom is -0.504 e. The fourth-order valence-electron chi connectivity index (χ4n) is 1.83. The first-order chi connectivity index (χ1) is 9.48. The van der Waals surface area contributed by atoms with Crippen LogP contribution >= 0.6 is 0 Å². The Labute approximate surface area is 120 Å². The number of nitrogens with one attached hydrogen (secondary N) is 1. The van der Waals surface area contributed by atoms with Gasteiger partial charge in [0.2, 0.25) is 0 Å². The van der Waals surface area contributed by atoms with Gasteiger partial charge in [-0.3, -0.25) is 0 Å². The largest absolute Gasteiger partial charge is 0.504 e. The van der Waals surface area contributed by atoms with E-state index in [0.29, 0.717) is 38.5 Å². The van der Waals surface area contributed by atoms with E-state index in [-0.39, 0.29) is 5.75 Å². The molecule has 1 unspecified atom stereocenters. The Hall–Kier alpha value is -1.30. The predicted molar refractivity (Wildman–Crippen MR) is 78.1 cm³/mol. The van der Waals surface area contributed by atoms with Crippen molar-refractivity contribution in [3.63, 3.8) is 0 Å². The van der Waals surface area contributed by atoms with Crippen LogP contribution in [0, 0.1) is 0 Å². The molecule has 20 heavy (non-hydrogen) atoms. The van der Waals surface area contributed by atoms with Gasteiger partial charge in [-0.15, -0.1) is 0 Å². The minimum atomic E-state index is -0.796. The van der Waals surface area contributed by atoms with Gasteiger partial charge in [0.15, 0.2) is 11.5 Å². The lowest BCUT2D eigenvalue weighted by atomic mass is 10.0. The normalized spacial score (nSPS) is 14.0. The summed E-state index contributed by atoms with van der Waals surface area (Å²) in [5, 5.41) is 22.9. The maximum Gasteiger partial charge on any atom is 0.161 e. The SMILES string of the molecule is CCOc1cc(CNCC(C)(O)CCOC)ccc1O. The Kier molecular flexibility index (Phi) is 6.78. The van der Waals surface area contributed by atoms with Crippen molar-refractivity contribution in [1.82, 2.24) is 5.32 Å². The molecule has 0 aliphatic heterocycles. The number of phenols is 1. The number of aliphatic hydroxyl groups is 1. The van der Waals surface area contributed by atoms with E-state index in [1.165, 1.54) is 0 Å². The number of rotatable bonds is 9. The van der Waals surface area contributed by atoms with E-state index >= 15 is 0 Å². The average Bonchev–Trinajstić information content (AvgIpc) is 2.40. The Morgan fingerprint density at radius 2 is 2.10 bits per heavy atom. The molecule has 0 fully saturated rings. The number of phenolic OH excluding ortho intramolecular Hbond substituents is 1. The summed E-state index contributed by atoms with van der Waals surface area (Å²) in [6.45, 7) is 5.77. The molecule has 0 aliphatic carbocycles. The molecule has 1 aromatic rings. The van der Waals surface area contributed by atoms with Crippen LogP contribution in [-0.4, -0.2) is 42.7 Å². The average molecular weight is 283 g/mol. The summed E-state index contributed by atoms with van der Waals surface area (Å²) in [6.07, 6.45) is 0.580. The van der Waals surface area contributed by atoms with Crippen LogP contribution in [0.3, 0.4) is 0 Å². The zero-order valence-electron chi connectivity index (χ0n) is 12.5. The lowest BCUT2D eigenvalue weighted by Gasteiger charge is -2.23. The van der Waals surface area contributed by atoms with E-state index < -0.39 is 5.60 Å². The monoisotopic (exact) mass is 283 g/mol. The molecule has 1 aromatic carbocycles. The molecule has 0 bridgehead atoms. The van der Waals surface area contributed by atoms with E-state index in [9.17, 15) is 10.2 Å². The van der Waals surface area contributed by atoms with Crippen LogP contribution in [0.15, 0.2) is 18.2 Å². The zero-order chi connectivity index (χ0) is 15.0. The van der Waals surface area contributed by atoms with Crippen LogP contribution in [0.25, 0.3) is 0 Å². The number of methoxy groups -OCH3 is 1. The summed E-state index contributed by atoms with van der Waals surface area (Å²) < 4.78 is 10.3. The van der Waals surface area contributed by atoms with Crippen molar-refractivity contribution in [2.45, 2.75) is 32.4 Å². The van der Waals surface area contributed by atoms with E-state index in [1.807, 2.05) is 13.0 Å². The van der Waals surface area contributed by atoms with Crippen molar-refractivity contribution >= 4 is 0 Å². The maximum absolute atomic E-state index is 10.1. The van der Waals surface area contributed by atoms with Gasteiger partial charge in [-0.1, -0.05) is 6.07 Å². The molecule has 3 N–H and O–H groups in total. The van der Waals surface area contributed by atoms with Crippen molar-refractivity contribution in [2.75, 3.05) is 26.9 Å². The number of benzene rings is 1. The van der Waals surface area contributed by atoms with Crippen LogP contribution in [-0.2, 0) is 11.3 Å². The Bertz CT molecular complexity index is 407. The lowest BCUT2D eigenvalue weighted by Crippen LogP contribution is -2.38. The van der Waals surface area contributed by atoms with Gasteiger partial charge in [-0.25, -0.2) is 0 Å². The van der Waals surface area contributed by atoms with Crippen molar-refractivity contribution in [1.29, 1.82) is 0 Å². The molecule has 5 heteroatoms. The van der Waals surface area contributed by atoms with Crippen molar-refractivity contribution < 1.29 is 19.7 Å². The first-order valence-corrected chi connectivity index (χ1v) is 6.85. The quantitative estimate of drug-likeness (QED) is 0.643. The topological polar surface area (TPSA) is 71.0 Å². The van der Waals surface area contributed by atoms with Gasteiger partial charge < -0.3 is 25.0 Å². The number of hydrogen-bond donors (Lipinski definition) is 3. The molecular weight excluding hydrogens is 258 g/mol. The van der Waals surface area contributed by atoms with Gasteiger partial charge in [0.25, 0.3) is 0 Å². The molecule has 0 heterocycles. The summed E-state index contributed by atoms with van der Waals surface area (Å²) in [5.74, 6) is 0.626. The number of ether oxygens (including phenoxy) is 2. The second-order valence-corrected chi connectivity index (χ2v) is 5.08. The predicted octanol–water partition coefficient (Wildman–Crippen LogP) is 1.67. The summed E-state index contributed by atoms with van der Waals surface area (Å²) in [6, 6.07) is 5.25. The van der Waals surface area contributed by atoms with Gasteiger partial charge >= 0.3 is 0 Å². The Morgan fingerprint density at radius 1 is 1.35 bits per heavy atom. The third-order valence-corrected chi connectivity index (χ3v) is 3.00. The molecule has 1 atom stereocenters.